The van der Waals surface area contributed by atoms with Crippen molar-refractivity contribution in [3.05, 3.63) is 113 Å². The molecular weight excluding hydrogens is 492 g/mol. The number of nitrogens with one attached hydrogen (secondary N) is 1. The van der Waals surface area contributed by atoms with E-state index >= 15 is 0 Å². The van der Waals surface area contributed by atoms with E-state index in [9.17, 15) is 9.59 Å². The predicted octanol–water partition coefficient (Wildman–Crippen LogP) is 6.25. The van der Waals surface area contributed by atoms with E-state index in [0.29, 0.717) is 29.5 Å². The monoisotopic (exact) mass is 524 g/mol. The van der Waals surface area contributed by atoms with E-state index in [0.717, 1.165) is 17.5 Å². The second-order valence-electron chi connectivity index (χ2n) is 9.85. The molecule has 1 atom stereocenters. The number of furan rings is 1. The van der Waals surface area contributed by atoms with Gasteiger partial charge in [0.05, 0.1) is 13.2 Å². The molecule has 0 radical (unpaired) electrons. The number of fused-ring (bicyclic) bond motifs is 1. The molecule has 1 aliphatic heterocycles. The molecule has 0 bridgehead atoms. The summed E-state index contributed by atoms with van der Waals surface area (Å²) >= 11 is 0. The smallest absolute Gasteiger partial charge is 0.291 e. The minimum Gasteiger partial charge on any atom is -0.497 e. The number of ether oxygens (including phenoxy) is 2. The third-order valence-electron chi connectivity index (χ3n) is 6.85. The number of benzene rings is 3. The number of nitrogens with zero attached hydrogens (tertiary/aromatic N) is 1. The first-order valence-corrected chi connectivity index (χ1v) is 13.1. The molecule has 0 fully saturated rings. The number of rotatable bonds is 8. The Balaban J connectivity index is 1.30. The van der Waals surface area contributed by atoms with Gasteiger partial charge in [0, 0.05) is 18.2 Å². The van der Waals surface area contributed by atoms with E-state index in [1.54, 1.807) is 43.5 Å². The minimum absolute atomic E-state index is 0.0905. The summed E-state index contributed by atoms with van der Waals surface area (Å²) in [4.78, 5) is 27.7. The summed E-state index contributed by atoms with van der Waals surface area (Å²) in [6.07, 6.45) is 0.794. The Morgan fingerprint density at radius 2 is 1.72 bits per heavy atom. The van der Waals surface area contributed by atoms with Crippen molar-refractivity contribution in [2.75, 3.05) is 19.0 Å². The number of hydrogen-bond acceptors (Lipinski definition) is 5. The molecule has 7 heteroatoms. The topological polar surface area (TPSA) is 81.0 Å². The van der Waals surface area contributed by atoms with E-state index in [1.165, 1.54) is 5.56 Å². The number of carbonyl (C=O) groups excluding carboxylic acids is 2. The minimum atomic E-state index is -0.346. The Bertz CT molecular complexity index is 1440. The van der Waals surface area contributed by atoms with Crippen LogP contribution >= 0.6 is 0 Å². The van der Waals surface area contributed by atoms with Gasteiger partial charge in [0.2, 0.25) is 5.91 Å². The Morgan fingerprint density at radius 3 is 2.44 bits per heavy atom. The Morgan fingerprint density at radius 1 is 0.974 bits per heavy atom. The summed E-state index contributed by atoms with van der Waals surface area (Å²) in [5.74, 6) is 1.81. The van der Waals surface area contributed by atoms with Crippen LogP contribution in [0.25, 0.3) is 0 Å². The highest BCUT2D eigenvalue weighted by atomic mass is 16.5. The van der Waals surface area contributed by atoms with Crippen molar-refractivity contribution in [2.24, 2.45) is 5.92 Å². The van der Waals surface area contributed by atoms with Gasteiger partial charge in [0.15, 0.2) is 5.76 Å². The van der Waals surface area contributed by atoms with Gasteiger partial charge in [-0.05, 0) is 71.6 Å². The fraction of sp³-hybridized carbons (Fsp3) is 0.250. The van der Waals surface area contributed by atoms with Gasteiger partial charge in [-0.15, -0.1) is 0 Å². The van der Waals surface area contributed by atoms with Crippen LogP contribution in [0.3, 0.4) is 0 Å². The standard InChI is InChI=1S/C32H32N2O5/c1-21(2)32(36)34-18-17-22-9-12-26(19-28(22)30(34)23-7-5-4-6-8-23)38-20-27-15-16-29(39-27)31(35)33-24-10-13-25(37-3)14-11-24/h4-16,19,21,30H,17-18,20H2,1-3H3,(H,33,35)/t30-/m0/s1. The summed E-state index contributed by atoms with van der Waals surface area (Å²) in [5, 5.41) is 2.81. The van der Waals surface area contributed by atoms with Gasteiger partial charge < -0.3 is 24.1 Å². The molecule has 2 amide bonds. The number of carbonyl (C=O) groups is 2. The molecule has 0 saturated carbocycles. The Hall–Kier alpha value is -4.52. The van der Waals surface area contributed by atoms with Crippen LogP contribution < -0.4 is 14.8 Å². The third kappa shape index (κ3) is 5.82. The van der Waals surface area contributed by atoms with Gasteiger partial charge in [-0.2, -0.15) is 0 Å². The summed E-state index contributed by atoms with van der Waals surface area (Å²) in [6.45, 7) is 4.72. The molecule has 200 valence electrons. The lowest BCUT2D eigenvalue weighted by molar-refractivity contribution is -0.136. The average Bonchev–Trinajstić information content (AvgIpc) is 3.45. The first-order valence-electron chi connectivity index (χ1n) is 13.1. The summed E-state index contributed by atoms with van der Waals surface area (Å²) < 4.78 is 17.0. The van der Waals surface area contributed by atoms with E-state index in [4.69, 9.17) is 13.9 Å². The molecule has 0 saturated heterocycles. The molecule has 0 unspecified atom stereocenters. The number of hydrogen-bond donors (Lipinski definition) is 1. The molecule has 5 rings (SSSR count). The summed E-state index contributed by atoms with van der Waals surface area (Å²) in [5.41, 5.74) is 3.99. The molecule has 0 aliphatic carbocycles. The molecule has 39 heavy (non-hydrogen) atoms. The Labute approximate surface area is 228 Å². The first-order chi connectivity index (χ1) is 18.9. The Kier molecular flexibility index (Phi) is 7.68. The van der Waals surface area contributed by atoms with Gasteiger partial charge in [-0.3, -0.25) is 9.59 Å². The molecule has 3 aromatic carbocycles. The molecule has 1 aliphatic rings. The van der Waals surface area contributed by atoms with Gasteiger partial charge >= 0.3 is 0 Å². The van der Waals surface area contributed by atoms with Crippen molar-refractivity contribution in [2.45, 2.75) is 32.9 Å². The number of methoxy groups -OCH3 is 1. The lowest BCUT2D eigenvalue weighted by atomic mass is 9.87. The first kappa shape index (κ1) is 26.1. The van der Waals surface area contributed by atoms with E-state index in [2.05, 4.69) is 23.5 Å². The molecule has 4 aromatic rings. The lowest BCUT2D eigenvalue weighted by Crippen LogP contribution is -2.42. The second-order valence-corrected chi connectivity index (χ2v) is 9.85. The van der Waals surface area contributed by atoms with Crippen LogP contribution in [0.1, 0.15) is 52.9 Å². The van der Waals surface area contributed by atoms with Crippen molar-refractivity contribution < 1.29 is 23.5 Å². The molecule has 0 spiro atoms. The van der Waals surface area contributed by atoms with Crippen molar-refractivity contribution in [3.63, 3.8) is 0 Å². The highest BCUT2D eigenvalue weighted by Gasteiger charge is 2.33. The van der Waals surface area contributed by atoms with Crippen LogP contribution in [-0.2, 0) is 17.8 Å². The van der Waals surface area contributed by atoms with Crippen molar-refractivity contribution in [1.82, 2.24) is 4.90 Å². The molecule has 2 heterocycles. The SMILES string of the molecule is COc1ccc(NC(=O)c2ccc(COc3ccc4c(c3)[C@H](c3ccccc3)N(C(=O)C(C)C)CC4)o2)cc1. The van der Waals surface area contributed by atoms with E-state index in [-0.39, 0.29) is 36.1 Å². The maximum atomic E-state index is 13.1. The van der Waals surface area contributed by atoms with Gasteiger partial charge in [-0.1, -0.05) is 50.2 Å². The van der Waals surface area contributed by atoms with E-state index in [1.807, 2.05) is 49.1 Å². The molecule has 1 N–H and O–H groups in total. The molecule has 1 aromatic heterocycles. The lowest BCUT2D eigenvalue weighted by Gasteiger charge is -2.39. The molecular formula is C32H32N2O5. The average molecular weight is 525 g/mol. The number of anilines is 1. The zero-order valence-electron chi connectivity index (χ0n) is 22.3. The maximum Gasteiger partial charge on any atom is 0.291 e. The van der Waals surface area contributed by atoms with Crippen molar-refractivity contribution in [3.8, 4) is 11.5 Å². The highest BCUT2D eigenvalue weighted by molar-refractivity contribution is 6.02. The van der Waals surface area contributed by atoms with E-state index < -0.39 is 0 Å². The van der Waals surface area contributed by atoms with Crippen LogP contribution in [0.2, 0.25) is 0 Å². The number of amides is 2. The van der Waals surface area contributed by atoms with Crippen molar-refractivity contribution in [1.29, 1.82) is 0 Å². The normalized spacial score (nSPS) is 14.6. The zero-order chi connectivity index (χ0) is 27.4. The fourth-order valence-electron chi connectivity index (χ4n) is 4.85. The fourth-order valence-corrected chi connectivity index (χ4v) is 4.85. The van der Waals surface area contributed by atoms with Crippen LogP contribution in [-0.4, -0.2) is 30.4 Å². The summed E-state index contributed by atoms with van der Waals surface area (Å²) in [7, 11) is 1.59. The maximum absolute atomic E-state index is 13.1. The van der Waals surface area contributed by atoms with Gasteiger partial charge in [0.1, 0.15) is 23.9 Å². The zero-order valence-corrected chi connectivity index (χ0v) is 22.3. The van der Waals surface area contributed by atoms with Crippen LogP contribution in [0.5, 0.6) is 11.5 Å². The van der Waals surface area contributed by atoms with Crippen LogP contribution in [0.4, 0.5) is 5.69 Å². The third-order valence-corrected chi connectivity index (χ3v) is 6.85. The van der Waals surface area contributed by atoms with Crippen LogP contribution in [0, 0.1) is 5.92 Å². The van der Waals surface area contributed by atoms with Gasteiger partial charge in [0.25, 0.3) is 5.91 Å². The largest absolute Gasteiger partial charge is 0.497 e. The quantitative estimate of drug-likeness (QED) is 0.295. The van der Waals surface area contributed by atoms with Crippen LogP contribution in [0.15, 0.2) is 89.3 Å². The highest BCUT2D eigenvalue weighted by Crippen LogP contribution is 2.38. The van der Waals surface area contributed by atoms with Gasteiger partial charge in [-0.25, -0.2) is 0 Å². The summed E-state index contributed by atoms with van der Waals surface area (Å²) in [6, 6.07) is 26.4. The van der Waals surface area contributed by atoms with Crippen molar-refractivity contribution >= 4 is 17.5 Å². The second kappa shape index (κ2) is 11.5. The predicted molar refractivity (Wildman–Crippen MR) is 149 cm³/mol. The molecule has 7 nitrogen and oxygen atoms in total.